The lowest BCUT2D eigenvalue weighted by atomic mass is 10.1. The van der Waals surface area contributed by atoms with Gasteiger partial charge in [-0.2, -0.15) is 0 Å². The van der Waals surface area contributed by atoms with Crippen molar-refractivity contribution in [3.05, 3.63) is 59.7 Å². The lowest BCUT2D eigenvalue weighted by molar-refractivity contribution is 0.0608. The van der Waals surface area contributed by atoms with Crippen LogP contribution in [0.3, 0.4) is 0 Å². The van der Waals surface area contributed by atoms with Gasteiger partial charge in [0.2, 0.25) is 0 Å². The number of benzene rings is 3. The van der Waals surface area contributed by atoms with Gasteiger partial charge in [-0.05, 0) is 42.8 Å². The van der Waals surface area contributed by atoms with E-state index in [1.807, 2.05) is 55.5 Å². The normalized spacial score (nSPS) is 10.9. The van der Waals surface area contributed by atoms with E-state index in [9.17, 15) is 5.11 Å². The number of rotatable bonds is 12. The summed E-state index contributed by atoms with van der Waals surface area (Å²) in [4.78, 5) is 0. The SMILES string of the molecule is COCCOCc1cc(C)cc(P(c2c(OC)cccc2OC)c2c(OC)cccc2OC)c1O. The molecule has 0 saturated carbocycles. The molecule has 3 aromatic rings. The van der Waals surface area contributed by atoms with Crippen LogP contribution in [0.2, 0.25) is 0 Å². The maximum atomic E-state index is 11.6. The molecule has 7 nitrogen and oxygen atoms in total. The van der Waals surface area contributed by atoms with Gasteiger partial charge in [0, 0.05) is 25.9 Å². The van der Waals surface area contributed by atoms with Crippen molar-refractivity contribution in [3.8, 4) is 28.7 Å². The molecule has 0 radical (unpaired) electrons. The van der Waals surface area contributed by atoms with Crippen LogP contribution in [-0.2, 0) is 16.1 Å². The zero-order valence-corrected chi connectivity index (χ0v) is 22.0. The molecule has 3 rings (SSSR count). The molecule has 1 N–H and O–H groups in total. The van der Waals surface area contributed by atoms with E-state index in [-0.39, 0.29) is 12.4 Å². The van der Waals surface area contributed by atoms with Crippen molar-refractivity contribution >= 4 is 23.8 Å². The largest absolute Gasteiger partial charge is 0.507 e. The third-order valence-electron chi connectivity index (χ3n) is 5.49. The smallest absolute Gasteiger partial charge is 0.130 e. The third kappa shape index (κ3) is 5.81. The van der Waals surface area contributed by atoms with Crippen LogP contribution in [0, 0.1) is 6.92 Å². The molecule has 35 heavy (non-hydrogen) atoms. The van der Waals surface area contributed by atoms with Crippen molar-refractivity contribution in [2.24, 2.45) is 0 Å². The van der Waals surface area contributed by atoms with Crippen LogP contribution in [0.1, 0.15) is 11.1 Å². The lowest BCUT2D eigenvalue weighted by Crippen LogP contribution is -2.26. The van der Waals surface area contributed by atoms with Crippen LogP contribution >= 0.6 is 7.92 Å². The predicted octanol–water partition coefficient (Wildman–Crippen LogP) is 3.66. The molecule has 0 atom stereocenters. The molecule has 8 heteroatoms. The molecule has 0 unspecified atom stereocenters. The molecule has 0 aliphatic carbocycles. The monoisotopic (exact) mass is 500 g/mol. The lowest BCUT2D eigenvalue weighted by Gasteiger charge is -2.27. The Morgan fingerprint density at radius 2 is 1.20 bits per heavy atom. The number of hydrogen-bond acceptors (Lipinski definition) is 7. The van der Waals surface area contributed by atoms with Gasteiger partial charge in [-0.25, -0.2) is 0 Å². The number of phenols is 1. The van der Waals surface area contributed by atoms with Crippen LogP contribution in [0.15, 0.2) is 48.5 Å². The highest BCUT2D eigenvalue weighted by molar-refractivity contribution is 7.80. The molecule has 0 aliphatic rings. The van der Waals surface area contributed by atoms with E-state index in [1.54, 1.807) is 35.5 Å². The summed E-state index contributed by atoms with van der Waals surface area (Å²) in [5, 5.41) is 13.9. The topological polar surface area (TPSA) is 75.6 Å². The number of aromatic hydroxyl groups is 1. The number of aryl methyl sites for hydroxylation is 1. The van der Waals surface area contributed by atoms with Crippen LogP contribution in [-0.4, -0.2) is 53.9 Å². The number of phenolic OH excluding ortho intramolecular Hbond substituents is 1. The van der Waals surface area contributed by atoms with E-state index >= 15 is 0 Å². The van der Waals surface area contributed by atoms with Crippen molar-refractivity contribution in [2.75, 3.05) is 48.8 Å². The maximum Gasteiger partial charge on any atom is 0.130 e. The molecule has 188 valence electrons. The number of ether oxygens (including phenoxy) is 6. The van der Waals surface area contributed by atoms with Crippen LogP contribution in [0.25, 0.3) is 0 Å². The molecule has 0 fully saturated rings. The van der Waals surface area contributed by atoms with Crippen LogP contribution in [0.4, 0.5) is 0 Å². The number of hydrogen-bond donors (Lipinski definition) is 1. The molecule has 0 saturated heterocycles. The summed E-state index contributed by atoms with van der Waals surface area (Å²) in [5.74, 6) is 2.72. The van der Waals surface area contributed by atoms with Gasteiger partial charge in [-0.15, -0.1) is 0 Å². The first-order chi connectivity index (χ1) is 17.0. The van der Waals surface area contributed by atoms with Crippen LogP contribution < -0.4 is 34.9 Å². The second-order valence-corrected chi connectivity index (χ2v) is 9.74. The standard InChI is InChI=1S/C27H33O7P/c1-18-15-19(17-34-14-13-29-2)25(28)24(16-18)35(26-20(30-3)9-7-10-21(26)31-4)27-22(32-5)11-8-12-23(27)33-6/h7-12,15-16,28H,13-14,17H2,1-6H3. The molecule has 0 spiro atoms. The van der Waals surface area contributed by atoms with Gasteiger partial charge in [-0.3, -0.25) is 0 Å². The molecule has 3 aromatic carbocycles. The number of methoxy groups -OCH3 is 5. The minimum absolute atomic E-state index is 0.153. The van der Waals surface area contributed by atoms with Crippen molar-refractivity contribution in [3.63, 3.8) is 0 Å². The quantitative estimate of drug-likeness (QED) is 0.301. The van der Waals surface area contributed by atoms with E-state index < -0.39 is 7.92 Å². The van der Waals surface area contributed by atoms with Crippen LogP contribution in [0.5, 0.6) is 28.7 Å². The van der Waals surface area contributed by atoms with Crippen molar-refractivity contribution < 1.29 is 33.5 Å². The summed E-state index contributed by atoms with van der Waals surface area (Å²) in [5.41, 5.74) is 1.67. The molecule has 0 bridgehead atoms. The highest BCUT2D eigenvalue weighted by Crippen LogP contribution is 2.48. The first-order valence-electron chi connectivity index (χ1n) is 11.1. The minimum Gasteiger partial charge on any atom is -0.507 e. The Balaban J connectivity index is 2.34. The summed E-state index contributed by atoms with van der Waals surface area (Å²) in [7, 11) is 6.65. The van der Waals surface area contributed by atoms with Gasteiger partial charge < -0.3 is 33.5 Å². The molecular formula is C27H33O7P. The average Bonchev–Trinajstić information content (AvgIpc) is 2.88. The molecule has 0 heterocycles. The summed E-state index contributed by atoms with van der Waals surface area (Å²) in [6.07, 6.45) is 0. The van der Waals surface area contributed by atoms with E-state index in [0.29, 0.717) is 41.8 Å². The zero-order valence-electron chi connectivity index (χ0n) is 21.1. The third-order valence-corrected chi connectivity index (χ3v) is 8.09. The predicted molar refractivity (Wildman–Crippen MR) is 139 cm³/mol. The summed E-state index contributed by atoms with van der Waals surface area (Å²) >= 11 is 0. The van der Waals surface area contributed by atoms with Gasteiger partial charge in [0.1, 0.15) is 28.7 Å². The summed E-state index contributed by atoms with van der Waals surface area (Å²) in [6.45, 7) is 3.14. The maximum absolute atomic E-state index is 11.6. The Kier molecular flexibility index (Phi) is 9.61. The van der Waals surface area contributed by atoms with Gasteiger partial charge in [-0.1, -0.05) is 18.2 Å². The zero-order chi connectivity index (χ0) is 25.4. The Bertz CT molecular complexity index is 1030. The highest BCUT2D eigenvalue weighted by atomic mass is 31.1. The first kappa shape index (κ1) is 26.6. The van der Waals surface area contributed by atoms with E-state index in [0.717, 1.165) is 21.5 Å². The van der Waals surface area contributed by atoms with E-state index in [2.05, 4.69) is 0 Å². The molecule has 0 aliphatic heterocycles. The van der Waals surface area contributed by atoms with Crippen molar-refractivity contribution in [1.29, 1.82) is 0 Å². The van der Waals surface area contributed by atoms with Gasteiger partial charge >= 0.3 is 0 Å². The van der Waals surface area contributed by atoms with Gasteiger partial charge in [0.05, 0.1) is 58.9 Å². The minimum atomic E-state index is -1.46. The fourth-order valence-corrected chi connectivity index (χ4v) is 6.83. The first-order valence-corrected chi connectivity index (χ1v) is 12.5. The fourth-order valence-electron chi connectivity index (χ4n) is 3.89. The van der Waals surface area contributed by atoms with E-state index in [1.165, 1.54) is 0 Å². The van der Waals surface area contributed by atoms with Gasteiger partial charge in [0.15, 0.2) is 0 Å². The molecular weight excluding hydrogens is 467 g/mol. The molecule has 0 aromatic heterocycles. The average molecular weight is 501 g/mol. The highest BCUT2D eigenvalue weighted by Gasteiger charge is 2.32. The second kappa shape index (κ2) is 12.6. The second-order valence-electron chi connectivity index (χ2n) is 7.69. The molecule has 0 amide bonds. The Morgan fingerprint density at radius 1 is 0.714 bits per heavy atom. The fraction of sp³-hybridized carbons (Fsp3) is 0.333. The Labute approximate surface area is 208 Å². The van der Waals surface area contributed by atoms with Crippen molar-refractivity contribution in [2.45, 2.75) is 13.5 Å². The summed E-state index contributed by atoms with van der Waals surface area (Å²) in [6, 6.07) is 15.2. The summed E-state index contributed by atoms with van der Waals surface area (Å²) < 4.78 is 34.0. The van der Waals surface area contributed by atoms with E-state index in [4.69, 9.17) is 28.4 Å². The van der Waals surface area contributed by atoms with Gasteiger partial charge in [0.25, 0.3) is 0 Å². The van der Waals surface area contributed by atoms with Crippen molar-refractivity contribution in [1.82, 2.24) is 0 Å². The Morgan fingerprint density at radius 3 is 1.63 bits per heavy atom. The Hall–Kier alpha value is -2.99.